The van der Waals surface area contributed by atoms with E-state index in [0.717, 1.165) is 12.1 Å². The first-order valence-corrected chi connectivity index (χ1v) is 8.14. The topological polar surface area (TPSA) is 96.4 Å². The van der Waals surface area contributed by atoms with Crippen LogP contribution in [0.15, 0.2) is 55.2 Å². The molecule has 0 N–H and O–H groups in total. The van der Waals surface area contributed by atoms with E-state index < -0.39 is 0 Å². The van der Waals surface area contributed by atoms with Crippen LogP contribution in [0.2, 0.25) is 0 Å². The van der Waals surface area contributed by atoms with Crippen molar-refractivity contribution in [2.45, 2.75) is 20.0 Å². The summed E-state index contributed by atoms with van der Waals surface area (Å²) in [6, 6.07) is 11.5. The second-order valence-corrected chi connectivity index (χ2v) is 5.51. The molecule has 0 unspecified atom stereocenters. The number of ether oxygens (including phenoxy) is 1. The Balaban J connectivity index is 1.48. The Kier molecular flexibility index (Phi) is 4.33. The van der Waals surface area contributed by atoms with Gasteiger partial charge in [0.25, 0.3) is 0 Å². The van der Waals surface area contributed by atoms with E-state index in [2.05, 4.69) is 37.5 Å². The highest BCUT2D eigenvalue weighted by Gasteiger charge is 2.11. The number of hydrogen-bond acceptors (Lipinski definition) is 7. The fourth-order valence-electron chi connectivity index (χ4n) is 2.45. The van der Waals surface area contributed by atoms with Crippen molar-refractivity contribution < 1.29 is 4.74 Å². The van der Waals surface area contributed by atoms with E-state index in [1.54, 1.807) is 21.9 Å². The van der Waals surface area contributed by atoms with Gasteiger partial charge in [-0.1, -0.05) is 6.92 Å². The van der Waals surface area contributed by atoms with Gasteiger partial charge >= 0.3 is 0 Å². The zero-order valence-corrected chi connectivity index (χ0v) is 14.1. The minimum atomic E-state index is 0.230. The summed E-state index contributed by atoms with van der Waals surface area (Å²) in [7, 11) is 0. The van der Waals surface area contributed by atoms with Gasteiger partial charge in [-0.2, -0.15) is 9.78 Å². The van der Waals surface area contributed by atoms with Crippen molar-refractivity contribution in [3.63, 3.8) is 0 Å². The van der Waals surface area contributed by atoms with E-state index in [-0.39, 0.29) is 6.61 Å². The fraction of sp³-hybridized carbons (Fsp3) is 0.176. The Morgan fingerprint density at radius 3 is 2.77 bits per heavy atom. The number of rotatable bonds is 6. The minimum absolute atomic E-state index is 0.230. The Bertz CT molecular complexity index is 978. The van der Waals surface area contributed by atoms with E-state index in [4.69, 9.17) is 4.74 Å². The van der Waals surface area contributed by atoms with Gasteiger partial charge in [-0.25, -0.2) is 14.6 Å². The summed E-state index contributed by atoms with van der Waals surface area (Å²) in [6.07, 6.45) is 5.80. The third-order valence-corrected chi connectivity index (χ3v) is 3.86. The lowest BCUT2D eigenvalue weighted by Gasteiger charge is -2.08. The average Bonchev–Trinajstić information content (AvgIpc) is 3.39. The number of tetrazole rings is 1. The predicted octanol–water partition coefficient (Wildman–Crippen LogP) is 1.78. The van der Waals surface area contributed by atoms with Crippen LogP contribution in [0.1, 0.15) is 18.3 Å². The van der Waals surface area contributed by atoms with Crippen molar-refractivity contribution in [3.05, 3.63) is 66.6 Å². The molecule has 0 bridgehead atoms. The Hall–Kier alpha value is -3.62. The molecule has 0 radical (unpaired) electrons. The lowest BCUT2D eigenvalue weighted by atomic mass is 10.2. The molecule has 0 spiro atoms. The molecule has 0 aliphatic rings. The zero-order valence-electron chi connectivity index (χ0n) is 14.1. The second-order valence-electron chi connectivity index (χ2n) is 5.51. The number of aromatic nitrogens is 8. The van der Waals surface area contributed by atoms with Crippen molar-refractivity contribution in [2.75, 3.05) is 0 Å². The first-order chi connectivity index (χ1) is 12.8. The summed E-state index contributed by atoms with van der Waals surface area (Å²) in [5.41, 5.74) is 2.07. The SMILES string of the molecule is CCc1ccnc(-n2nnnc2COc2ccc(-n3cncn3)cc2)c1. The standard InChI is InChI=1S/C17H16N8O/c1-2-13-7-8-19-16(9-13)25-17(21-22-23-25)10-26-15-5-3-14(4-6-15)24-12-18-11-20-24/h3-9,11-12H,2,10H2,1H3. The summed E-state index contributed by atoms with van der Waals surface area (Å²) in [5.74, 6) is 1.96. The monoisotopic (exact) mass is 348 g/mol. The molecule has 26 heavy (non-hydrogen) atoms. The van der Waals surface area contributed by atoms with Gasteiger partial charge in [-0.3, -0.25) is 0 Å². The quantitative estimate of drug-likeness (QED) is 0.524. The van der Waals surface area contributed by atoms with Crippen LogP contribution in [0.5, 0.6) is 5.75 Å². The molecule has 0 aliphatic carbocycles. The lowest BCUT2D eigenvalue weighted by Crippen LogP contribution is -2.08. The molecule has 0 amide bonds. The van der Waals surface area contributed by atoms with Crippen molar-refractivity contribution >= 4 is 0 Å². The summed E-state index contributed by atoms with van der Waals surface area (Å²) in [5, 5.41) is 15.9. The maximum atomic E-state index is 5.81. The highest BCUT2D eigenvalue weighted by atomic mass is 16.5. The maximum absolute atomic E-state index is 5.81. The van der Waals surface area contributed by atoms with Crippen LogP contribution in [0, 0.1) is 0 Å². The molecular weight excluding hydrogens is 332 g/mol. The van der Waals surface area contributed by atoms with Gasteiger partial charge in [0.05, 0.1) is 5.69 Å². The molecular formula is C17H16N8O. The van der Waals surface area contributed by atoms with E-state index in [0.29, 0.717) is 17.4 Å². The van der Waals surface area contributed by atoms with Crippen LogP contribution in [-0.4, -0.2) is 40.0 Å². The zero-order chi connectivity index (χ0) is 17.8. The molecule has 3 heterocycles. The predicted molar refractivity (Wildman–Crippen MR) is 92.0 cm³/mol. The molecule has 9 nitrogen and oxygen atoms in total. The third-order valence-electron chi connectivity index (χ3n) is 3.86. The average molecular weight is 348 g/mol. The molecule has 4 aromatic rings. The molecule has 3 aromatic heterocycles. The van der Waals surface area contributed by atoms with E-state index in [1.165, 1.54) is 11.9 Å². The van der Waals surface area contributed by atoms with Gasteiger partial charge in [0.1, 0.15) is 25.0 Å². The molecule has 4 rings (SSSR count). The number of nitrogens with zero attached hydrogens (tertiary/aromatic N) is 8. The lowest BCUT2D eigenvalue weighted by molar-refractivity contribution is 0.292. The first kappa shape index (κ1) is 15.9. The van der Waals surface area contributed by atoms with Crippen LogP contribution in [0.4, 0.5) is 0 Å². The Morgan fingerprint density at radius 2 is 2.00 bits per heavy atom. The molecule has 0 saturated heterocycles. The first-order valence-electron chi connectivity index (χ1n) is 8.14. The summed E-state index contributed by atoms with van der Waals surface area (Å²) >= 11 is 0. The third kappa shape index (κ3) is 3.27. The molecule has 0 saturated carbocycles. The van der Waals surface area contributed by atoms with Gasteiger partial charge in [-0.05, 0) is 58.8 Å². The van der Waals surface area contributed by atoms with Crippen molar-refractivity contribution in [1.82, 2.24) is 40.0 Å². The number of hydrogen-bond donors (Lipinski definition) is 0. The Labute approximate surface area is 149 Å². The Morgan fingerprint density at radius 1 is 1.12 bits per heavy atom. The van der Waals surface area contributed by atoms with E-state index >= 15 is 0 Å². The van der Waals surface area contributed by atoms with Gasteiger partial charge in [0.15, 0.2) is 11.6 Å². The smallest absolute Gasteiger partial charge is 0.195 e. The van der Waals surface area contributed by atoms with Crippen molar-refractivity contribution in [1.29, 1.82) is 0 Å². The van der Waals surface area contributed by atoms with Crippen LogP contribution in [0.3, 0.4) is 0 Å². The largest absolute Gasteiger partial charge is 0.486 e. The molecule has 0 atom stereocenters. The van der Waals surface area contributed by atoms with Gasteiger partial charge < -0.3 is 4.74 Å². The summed E-state index contributed by atoms with van der Waals surface area (Å²) in [4.78, 5) is 8.27. The molecule has 0 aliphatic heterocycles. The number of benzene rings is 1. The second kappa shape index (κ2) is 7.09. The number of aryl methyl sites for hydroxylation is 1. The van der Waals surface area contributed by atoms with Crippen LogP contribution in [-0.2, 0) is 13.0 Å². The van der Waals surface area contributed by atoms with Crippen LogP contribution < -0.4 is 4.74 Å². The van der Waals surface area contributed by atoms with Crippen molar-refractivity contribution in [2.24, 2.45) is 0 Å². The molecule has 130 valence electrons. The highest BCUT2D eigenvalue weighted by Crippen LogP contribution is 2.16. The van der Waals surface area contributed by atoms with Gasteiger partial charge in [-0.15, -0.1) is 5.10 Å². The maximum Gasteiger partial charge on any atom is 0.195 e. The molecule has 1 aromatic carbocycles. The van der Waals surface area contributed by atoms with Gasteiger partial charge in [0.2, 0.25) is 0 Å². The number of pyridine rings is 1. The normalized spacial score (nSPS) is 10.8. The molecule has 9 heteroatoms. The van der Waals surface area contributed by atoms with E-state index in [1.807, 2.05) is 36.4 Å². The molecule has 0 fully saturated rings. The highest BCUT2D eigenvalue weighted by molar-refractivity contribution is 5.36. The van der Waals surface area contributed by atoms with Crippen molar-refractivity contribution in [3.8, 4) is 17.3 Å². The van der Waals surface area contributed by atoms with Crippen LogP contribution >= 0.6 is 0 Å². The van der Waals surface area contributed by atoms with Crippen LogP contribution in [0.25, 0.3) is 11.5 Å². The summed E-state index contributed by atoms with van der Waals surface area (Å²) < 4.78 is 9.07. The minimum Gasteiger partial charge on any atom is -0.486 e. The van der Waals surface area contributed by atoms with E-state index in [9.17, 15) is 0 Å². The summed E-state index contributed by atoms with van der Waals surface area (Å²) in [6.45, 7) is 2.32. The fourth-order valence-corrected chi connectivity index (χ4v) is 2.45. The van der Waals surface area contributed by atoms with Gasteiger partial charge in [0, 0.05) is 6.20 Å².